The maximum atomic E-state index is 5.83. The minimum absolute atomic E-state index is 0.471. The van der Waals surface area contributed by atoms with Crippen LogP contribution in [0.4, 0.5) is 0 Å². The Balaban J connectivity index is 2.95. The van der Waals surface area contributed by atoms with Crippen molar-refractivity contribution < 1.29 is 0 Å². The Labute approximate surface area is 82.5 Å². The molecule has 62 valence electrons. The minimum Gasteiger partial charge on any atom is -0.318 e. The molecule has 0 aromatic carbocycles. The number of nitrogens with zero attached hydrogens (tertiary/aromatic N) is 3. The number of aryl methyl sites for hydroxylation is 1. The van der Waals surface area contributed by atoms with Gasteiger partial charge in [0.05, 0.1) is 5.52 Å². The zero-order valence-corrected chi connectivity index (χ0v) is 8.59. The molecule has 0 spiro atoms. The van der Waals surface area contributed by atoms with Crippen molar-refractivity contribution in [3.8, 4) is 0 Å². The second-order valence-electron chi connectivity index (χ2n) is 2.41. The van der Waals surface area contributed by atoms with Crippen molar-refractivity contribution in [2.45, 2.75) is 0 Å². The van der Waals surface area contributed by atoms with Crippen LogP contribution in [0.15, 0.2) is 16.9 Å². The lowest BCUT2D eigenvalue weighted by atomic mass is 10.4. The van der Waals surface area contributed by atoms with Crippen LogP contribution < -0.4 is 0 Å². The largest absolute Gasteiger partial charge is 0.318 e. The average molecular weight is 246 g/mol. The van der Waals surface area contributed by atoms with Gasteiger partial charge in [-0.1, -0.05) is 0 Å². The number of fused-ring (bicyclic) bond motifs is 1. The Kier molecular flexibility index (Phi) is 1.81. The third kappa shape index (κ3) is 1.03. The molecule has 0 radical (unpaired) electrons. The Morgan fingerprint density at radius 1 is 1.58 bits per heavy atom. The van der Waals surface area contributed by atoms with Crippen LogP contribution in [0.1, 0.15) is 0 Å². The average Bonchev–Trinajstić information content (AvgIpc) is 2.32. The molecule has 2 rings (SSSR count). The summed E-state index contributed by atoms with van der Waals surface area (Å²) in [7, 11) is 1.87. The van der Waals surface area contributed by atoms with Crippen LogP contribution in [0.25, 0.3) is 11.0 Å². The molecule has 0 aliphatic rings. The van der Waals surface area contributed by atoms with E-state index in [1.807, 2.05) is 17.7 Å². The van der Waals surface area contributed by atoms with Gasteiger partial charge in [0.1, 0.15) is 10.1 Å². The van der Waals surface area contributed by atoms with Crippen LogP contribution in [0.3, 0.4) is 0 Å². The third-order valence-corrected chi connectivity index (χ3v) is 2.62. The van der Waals surface area contributed by atoms with Crippen molar-refractivity contribution in [3.05, 3.63) is 22.1 Å². The second kappa shape index (κ2) is 2.71. The molecular weight excluding hydrogens is 241 g/mol. The van der Waals surface area contributed by atoms with Crippen LogP contribution in [-0.4, -0.2) is 14.5 Å². The van der Waals surface area contributed by atoms with E-state index in [0.717, 1.165) is 15.6 Å². The number of halogens is 2. The van der Waals surface area contributed by atoms with Gasteiger partial charge in [-0.25, -0.2) is 9.97 Å². The van der Waals surface area contributed by atoms with E-state index in [1.54, 1.807) is 6.20 Å². The van der Waals surface area contributed by atoms with E-state index in [4.69, 9.17) is 11.6 Å². The number of hydrogen-bond donors (Lipinski definition) is 0. The molecule has 0 unspecified atom stereocenters. The van der Waals surface area contributed by atoms with Gasteiger partial charge in [0.15, 0.2) is 0 Å². The van der Waals surface area contributed by atoms with Crippen LogP contribution >= 0.6 is 27.5 Å². The summed E-state index contributed by atoms with van der Waals surface area (Å²) < 4.78 is 2.53. The molecular formula is C7H5BrClN3. The Bertz CT molecular complexity index is 437. The topological polar surface area (TPSA) is 30.7 Å². The predicted octanol–water partition coefficient (Wildman–Crippen LogP) is 2.38. The maximum absolute atomic E-state index is 5.83. The fourth-order valence-electron chi connectivity index (χ4n) is 1.06. The summed E-state index contributed by atoms with van der Waals surface area (Å²) in [5, 5.41) is 0.471. The summed E-state index contributed by atoms with van der Waals surface area (Å²) in [6.45, 7) is 0. The zero-order chi connectivity index (χ0) is 8.72. The summed E-state index contributed by atoms with van der Waals surface area (Å²) in [6.07, 6.45) is 1.71. The minimum atomic E-state index is 0.471. The smallest absolute Gasteiger partial charge is 0.203 e. The number of aromatic nitrogens is 3. The van der Waals surface area contributed by atoms with E-state index in [0.29, 0.717) is 5.28 Å². The highest BCUT2D eigenvalue weighted by molar-refractivity contribution is 9.10. The SMILES string of the molecule is Cn1c(Cl)nc2c(Br)nccc21. The van der Waals surface area contributed by atoms with Gasteiger partial charge in [0.2, 0.25) is 5.28 Å². The van der Waals surface area contributed by atoms with Gasteiger partial charge in [-0.3, -0.25) is 0 Å². The molecule has 3 nitrogen and oxygen atoms in total. The van der Waals surface area contributed by atoms with Crippen molar-refractivity contribution in [2.24, 2.45) is 7.05 Å². The molecule has 2 aromatic rings. The van der Waals surface area contributed by atoms with Gasteiger partial charge in [0, 0.05) is 13.2 Å². The number of hydrogen-bond acceptors (Lipinski definition) is 2. The van der Waals surface area contributed by atoms with E-state index < -0.39 is 0 Å². The Morgan fingerprint density at radius 3 is 3.00 bits per heavy atom. The predicted molar refractivity (Wildman–Crippen MR) is 51.2 cm³/mol. The lowest BCUT2D eigenvalue weighted by Crippen LogP contribution is -1.86. The quantitative estimate of drug-likeness (QED) is 0.668. The molecule has 0 aliphatic heterocycles. The number of rotatable bonds is 0. The van der Waals surface area contributed by atoms with Crippen molar-refractivity contribution in [1.82, 2.24) is 14.5 Å². The number of imidazole rings is 1. The molecule has 2 aromatic heterocycles. The van der Waals surface area contributed by atoms with E-state index in [2.05, 4.69) is 25.9 Å². The summed E-state index contributed by atoms with van der Waals surface area (Å²) >= 11 is 9.13. The Hall–Kier alpha value is -0.610. The molecule has 0 atom stereocenters. The van der Waals surface area contributed by atoms with Crippen molar-refractivity contribution >= 4 is 38.6 Å². The van der Waals surface area contributed by atoms with Gasteiger partial charge in [-0.05, 0) is 33.6 Å². The zero-order valence-electron chi connectivity index (χ0n) is 6.25. The van der Waals surface area contributed by atoms with Gasteiger partial charge in [0.25, 0.3) is 0 Å². The van der Waals surface area contributed by atoms with Crippen molar-refractivity contribution in [2.75, 3.05) is 0 Å². The maximum Gasteiger partial charge on any atom is 0.203 e. The van der Waals surface area contributed by atoms with Gasteiger partial charge in [-0.2, -0.15) is 0 Å². The highest BCUT2D eigenvalue weighted by Crippen LogP contribution is 2.22. The molecule has 0 aliphatic carbocycles. The van der Waals surface area contributed by atoms with Crippen LogP contribution in [0.2, 0.25) is 5.28 Å². The molecule has 12 heavy (non-hydrogen) atoms. The van der Waals surface area contributed by atoms with Gasteiger partial charge in [-0.15, -0.1) is 0 Å². The molecule has 5 heteroatoms. The first-order chi connectivity index (χ1) is 5.70. The summed E-state index contributed by atoms with van der Waals surface area (Å²) in [6, 6.07) is 1.87. The molecule has 0 bridgehead atoms. The van der Waals surface area contributed by atoms with Gasteiger partial charge < -0.3 is 4.57 Å². The third-order valence-electron chi connectivity index (χ3n) is 1.70. The molecule has 0 saturated heterocycles. The highest BCUT2D eigenvalue weighted by atomic mass is 79.9. The Morgan fingerprint density at radius 2 is 2.33 bits per heavy atom. The molecule has 0 saturated carbocycles. The summed E-state index contributed by atoms with van der Waals surface area (Å²) in [5.41, 5.74) is 1.77. The van der Waals surface area contributed by atoms with Crippen molar-refractivity contribution in [1.29, 1.82) is 0 Å². The fourth-order valence-corrected chi connectivity index (χ4v) is 1.65. The van der Waals surface area contributed by atoms with Crippen LogP contribution in [-0.2, 0) is 7.05 Å². The van der Waals surface area contributed by atoms with E-state index in [1.165, 1.54) is 0 Å². The van der Waals surface area contributed by atoms with E-state index in [-0.39, 0.29) is 0 Å². The first-order valence-corrected chi connectivity index (χ1v) is 4.49. The van der Waals surface area contributed by atoms with Crippen LogP contribution in [0.5, 0.6) is 0 Å². The lowest BCUT2D eigenvalue weighted by molar-refractivity contribution is 0.948. The second-order valence-corrected chi connectivity index (χ2v) is 3.50. The first-order valence-electron chi connectivity index (χ1n) is 3.32. The summed E-state index contributed by atoms with van der Waals surface area (Å²) in [4.78, 5) is 8.18. The van der Waals surface area contributed by atoms with Gasteiger partial charge >= 0.3 is 0 Å². The van der Waals surface area contributed by atoms with Crippen molar-refractivity contribution in [3.63, 3.8) is 0 Å². The summed E-state index contributed by atoms with van der Waals surface area (Å²) in [5.74, 6) is 0. The molecule has 0 N–H and O–H groups in total. The molecule has 0 amide bonds. The van der Waals surface area contributed by atoms with E-state index in [9.17, 15) is 0 Å². The monoisotopic (exact) mass is 245 g/mol. The standard InChI is InChI=1S/C7H5BrClN3/c1-12-4-2-3-10-6(8)5(4)11-7(12)9/h2-3H,1H3. The number of pyridine rings is 1. The first kappa shape index (κ1) is 8.01. The lowest BCUT2D eigenvalue weighted by Gasteiger charge is -1.93. The fraction of sp³-hybridized carbons (Fsp3) is 0.143. The molecule has 0 fully saturated rings. The molecule has 2 heterocycles. The van der Waals surface area contributed by atoms with E-state index >= 15 is 0 Å². The normalized spacial score (nSPS) is 10.9. The highest BCUT2D eigenvalue weighted by Gasteiger charge is 2.07. The van der Waals surface area contributed by atoms with Crippen LogP contribution in [0, 0.1) is 0 Å².